The number of hydrogen-bond acceptors (Lipinski definition) is 8. The largest absolute Gasteiger partial charge is 0.240 e. The molecular formula is C30H20N4O4. The van der Waals surface area contributed by atoms with E-state index in [1.165, 1.54) is 24.3 Å². The first-order valence-corrected chi connectivity index (χ1v) is 11.3. The van der Waals surface area contributed by atoms with E-state index in [1.807, 2.05) is 48.5 Å². The third-order valence-electron chi connectivity index (χ3n) is 5.26. The highest BCUT2D eigenvalue weighted by Gasteiger charge is 1.99. The lowest BCUT2D eigenvalue weighted by Crippen LogP contribution is -1.86. The maximum atomic E-state index is 10.1. The molecule has 0 atom stereocenters. The average Bonchev–Trinajstić information content (AvgIpc) is 2.94. The third-order valence-corrected chi connectivity index (χ3v) is 5.26. The zero-order valence-corrected chi connectivity index (χ0v) is 20.1. The molecule has 0 fully saturated rings. The summed E-state index contributed by atoms with van der Waals surface area (Å²) in [6.45, 7) is 0. The van der Waals surface area contributed by atoms with Gasteiger partial charge in [0.25, 0.3) is 0 Å². The normalized spacial score (nSPS) is 9.26. The summed E-state index contributed by atoms with van der Waals surface area (Å²) < 4.78 is 0. The van der Waals surface area contributed by atoms with Gasteiger partial charge in [0.15, 0.2) is 0 Å². The van der Waals surface area contributed by atoms with E-state index in [1.54, 1.807) is 48.5 Å². The zero-order valence-electron chi connectivity index (χ0n) is 20.1. The van der Waals surface area contributed by atoms with E-state index in [9.17, 15) is 19.2 Å². The summed E-state index contributed by atoms with van der Waals surface area (Å²) >= 11 is 0. The molecule has 0 saturated heterocycles. The van der Waals surface area contributed by atoms with Crippen LogP contribution in [0.5, 0.6) is 0 Å². The van der Waals surface area contributed by atoms with Crippen molar-refractivity contribution in [2.45, 2.75) is 12.8 Å². The molecule has 0 spiro atoms. The van der Waals surface area contributed by atoms with Crippen LogP contribution in [-0.2, 0) is 32.0 Å². The SMILES string of the molecule is O=C=Nc1ccc(Cc2ccc(N=C=O)cc2)cc1.O=C=Nc1ccc(Cc2ccc(N=C=O)cc2)cc1. The number of benzene rings is 4. The molecule has 4 aromatic carbocycles. The molecule has 0 aliphatic carbocycles. The van der Waals surface area contributed by atoms with Crippen LogP contribution >= 0.6 is 0 Å². The summed E-state index contributed by atoms with van der Waals surface area (Å²) in [7, 11) is 0. The number of carbonyl (C=O) groups excluding carboxylic acids is 4. The molecule has 0 aliphatic heterocycles. The van der Waals surface area contributed by atoms with Gasteiger partial charge in [0, 0.05) is 0 Å². The van der Waals surface area contributed by atoms with Gasteiger partial charge in [0.05, 0.1) is 22.7 Å². The molecule has 0 N–H and O–H groups in total. The Kier molecular flexibility index (Phi) is 10.5. The van der Waals surface area contributed by atoms with Gasteiger partial charge < -0.3 is 0 Å². The first-order valence-electron chi connectivity index (χ1n) is 11.3. The fourth-order valence-electron chi connectivity index (χ4n) is 3.44. The van der Waals surface area contributed by atoms with E-state index >= 15 is 0 Å². The molecule has 0 aliphatic rings. The van der Waals surface area contributed by atoms with Crippen LogP contribution in [0.2, 0.25) is 0 Å². The quantitative estimate of drug-likeness (QED) is 0.205. The van der Waals surface area contributed by atoms with Gasteiger partial charge in [0.2, 0.25) is 24.3 Å². The average molecular weight is 501 g/mol. The van der Waals surface area contributed by atoms with Gasteiger partial charge in [-0.2, -0.15) is 20.0 Å². The van der Waals surface area contributed by atoms with Gasteiger partial charge in [-0.1, -0.05) is 48.5 Å². The monoisotopic (exact) mass is 500 g/mol. The summed E-state index contributed by atoms with van der Waals surface area (Å²) in [4.78, 5) is 54.6. The van der Waals surface area contributed by atoms with Crippen molar-refractivity contribution < 1.29 is 19.2 Å². The summed E-state index contributed by atoms with van der Waals surface area (Å²) in [5.41, 5.74) is 6.80. The molecule has 0 radical (unpaired) electrons. The van der Waals surface area contributed by atoms with Crippen molar-refractivity contribution in [3.8, 4) is 0 Å². The lowest BCUT2D eigenvalue weighted by molar-refractivity contribution is 0.564. The van der Waals surface area contributed by atoms with Crippen molar-refractivity contribution >= 4 is 47.1 Å². The van der Waals surface area contributed by atoms with Crippen LogP contribution in [0, 0.1) is 0 Å². The van der Waals surface area contributed by atoms with Crippen molar-refractivity contribution in [2.24, 2.45) is 20.0 Å². The van der Waals surface area contributed by atoms with Crippen LogP contribution < -0.4 is 0 Å². The summed E-state index contributed by atoms with van der Waals surface area (Å²) in [5.74, 6) is 0. The second-order valence-electron chi connectivity index (χ2n) is 7.83. The van der Waals surface area contributed by atoms with Gasteiger partial charge in [-0.25, -0.2) is 19.2 Å². The molecule has 0 amide bonds. The predicted octanol–water partition coefficient (Wildman–Crippen LogP) is 6.42. The topological polar surface area (TPSA) is 118 Å². The van der Waals surface area contributed by atoms with Gasteiger partial charge in [-0.05, 0) is 83.6 Å². The zero-order chi connectivity index (χ0) is 27.0. The summed E-state index contributed by atoms with van der Waals surface area (Å²) in [5, 5.41) is 0. The molecule has 8 heteroatoms. The molecule has 4 aromatic rings. The molecule has 0 bridgehead atoms. The smallest absolute Gasteiger partial charge is 0.211 e. The van der Waals surface area contributed by atoms with Crippen molar-refractivity contribution in [3.05, 3.63) is 119 Å². The molecule has 0 unspecified atom stereocenters. The molecule has 4 rings (SSSR count). The fourth-order valence-corrected chi connectivity index (χ4v) is 3.44. The standard InChI is InChI=1S/2C15H10N2O2/c2*18-10-16-14-5-1-12(2-6-14)9-13-3-7-15(8-4-13)17-11-19/h2*1-8H,9H2. The number of hydrogen-bond donors (Lipinski definition) is 0. The first kappa shape index (κ1) is 27.0. The van der Waals surface area contributed by atoms with Crippen molar-refractivity contribution in [3.63, 3.8) is 0 Å². The van der Waals surface area contributed by atoms with E-state index < -0.39 is 0 Å². The number of nitrogens with zero attached hydrogens (tertiary/aromatic N) is 4. The Labute approximate surface area is 218 Å². The predicted molar refractivity (Wildman–Crippen MR) is 143 cm³/mol. The Morgan fingerprint density at radius 2 is 0.526 bits per heavy atom. The first-order chi connectivity index (χ1) is 18.6. The van der Waals surface area contributed by atoms with E-state index in [2.05, 4.69) is 20.0 Å². The highest BCUT2D eigenvalue weighted by molar-refractivity contribution is 5.52. The fraction of sp³-hybridized carbons (Fsp3) is 0.0667. The minimum atomic E-state index is 0.592. The minimum Gasteiger partial charge on any atom is -0.211 e. The highest BCUT2D eigenvalue weighted by atomic mass is 16.1. The van der Waals surface area contributed by atoms with Crippen molar-refractivity contribution in [1.82, 2.24) is 0 Å². The Balaban J connectivity index is 0.000000211. The molecule has 38 heavy (non-hydrogen) atoms. The van der Waals surface area contributed by atoms with E-state index in [0.717, 1.165) is 35.1 Å². The van der Waals surface area contributed by atoms with Crippen LogP contribution in [0.25, 0.3) is 0 Å². The van der Waals surface area contributed by atoms with Gasteiger partial charge in [-0.15, -0.1) is 0 Å². The van der Waals surface area contributed by atoms with Crippen molar-refractivity contribution in [1.29, 1.82) is 0 Å². The second kappa shape index (κ2) is 14.7. The lowest BCUT2D eigenvalue weighted by atomic mass is 10.0. The van der Waals surface area contributed by atoms with Crippen LogP contribution in [0.3, 0.4) is 0 Å². The Bertz CT molecular complexity index is 1300. The third kappa shape index (κ3) is 8.88. The van der Waals surface area contributed by atoms with Crippen molar-refractivity contribution in [2.75, 3.05) is 0 Å². The Hall–Kier alpha value is -5.60. The minimum absolute atomic E-state index is 0.592. The van der Waals surface area contributed by atoms with E-state index in [-0.39, 0.29) is 0 Å². The molecule has 184 valence electrons. The summed E-state index contributed by atoms with van der Waals surface area (Å²) in [6.07, 6.45) is 7.54. The number of isocyanates is 4. The van der Waals surface area contributed by atoms with Crippen LogP contribution in [-0.4, -0.2) is 24.3 Å². The lowest BCUT2D eigenvalue weighted by Gasteiger charge is -2.02. The molecule has 8 nitrogen and oxygen atoms in total. The van der Waals surface area contributed by atoms with Crippen LogP contribution in [0.15, 0.2) is 117 Å². The van der Waals surface area contributed by atoms with Gasteiger partial charge in [-0.3, -0.25) is 0 Å². The second-order valence-corrected chi connectivity index (χ2v) is 7.83. The number of aliphatic imine (C=N–C) groups is 4. The molecular weight excluding hydrogens is 480 g/mol. The maximum Gasteiger partial charge on any atom is 0.240 e. The molecule has 0 saturated carbocycles. The highest BCUT2D eigenvalue weighted by Crippen LogP contribution is 2.19. The van der Waals surface area contributed by atoms with Gasteiger partial charge >= 0.3 is 0 Å². The van der Waals surface area contributed by atoms with Crippen LogP contribution in [0.4, 0.5) is 22.7 Å². The maximum absolute atomic E-state index is 10.1. The number of rotatable bonds is 8. The van der Waals surface area contributed by atoms with Crippen LogP contribution in [0.1, 0.15) is 22.3 Å². The van der Waals surface area contributed by atoms with E-state index in [0.29, 0.717) is 22.7 Å². The summed E-state index contributed by atoms with van der Waals surface area (Å²) in [6, 6.07) is 29.4. The Morgan fingerprint density at radius 3 is 0.684 bits per heavy atom. The van der Waals surface area contributed by atoms with Gasteiger partial charge in [0.1, 0.15) is 0 Å². The Morgan fingerprint density at radius 1 is 0.342 bits per heavy atom. The molecule has 0 aromatic heterocycles. The molecule has 0 heterocycles. The van der Waals surface area contributed by atoms with E-state index in [4.69, 9.17) is 0 Å².